The lowest BCUT2D eigenvalue weighted by Gasteiger charge is -2.20. The average Bonchev–Trinajstić information content (AvgIpc) is 2.55. The first-order chi connectivity index (χ1) is 7.95. The first kappa shape index (κ1) is 13.6. The van der Waals surface area contributed by atoms with E-state index in [1.54, 1.807) is 18.7 Å². The van der Waals surface area contributed by atoms with E-state index in [0.717, 1.165) is 6.42 Å². The lowest BCUT2D eigenvalue weighted by Crippen LogP contribution is -2.38. The maximum absolute atomic E-state index is 12.2. The Morgan fingerprint density at radius 2 is 2.18 bits per heavy atom. The number of carbonyl (C=O) groups excluding carboxylic acids is 1. The number of aryl methyl sites for hydroxylation is 2. The maximum atomic E-state index is 12.2. The van der Waals surface area contributed by atoms with Crippen LogP contribution < -0.4 is 5.73 Å². The molecule has 2 N–H and O–H groups in total. The van der Waals surface area contributed by atoms with Crippen molar-refractivity contribution in [2.24, 2.45) is 5.73 Å². The molecule has 1 aromatic heterocycles. The van der Waals surface area contributed by atoms with Crippen LogP contribution in [0.5, 0.6) is 0 Å². The van der Waals surface area contributed by atoms with Gasteiger partial charge in [-0.25, -0.2) is 4.98 Å². The van der Waals surface area contributed by atoms with E-state index in [9.17, 15) is 4.79 Å². The van der Waals surface area contributed by atoms with Gasteiger partial charge in [0.1, 0.15) is 0 Å². The van der Waals surface area contributed by atoms with E-state index < -0.39 is 0 Å². The van der Waals surface area contributed by atoms with Crippen LogP contribution >= 0.6 is 12.2 Å². The molecule has 0 saturated heterocycles. The fourth-order valence-corrected chi connectivity index (χ4v) is 1.74. The van der Waals surface area contributed by atoms with Gasteiger partial charge < -0.3 is 15.1 Å². The third-order valence-corrected chi connectivity index (χ3v) is 2.35. The van der Waals surface area contributed by atoms with Gasteiger partial charge in [-0.2, -0.15) is 0 Å². The lowest BCUT2D eigenvalue weighted by atomic mass is 10.3. The number of nitrogens with two attached hydrogens (primary N) is 1. The van der Waals surface area contributed by atoms with Crippen molar-refractivity contribution in [3.8, 4) is 0 Å². The van der Waals surface area contributed by atoms with E-state index in [1.807, 2.05) is 6.92 Å². The Bertz CT molecular complexity index is 428. The summed E-state index contributed by atoms with van der Waals surface area (Å²) in [6, 6.07) is 0. The molecule has 0 spiro atoms. The highest BCUT2D eigenvalue weighted by molar-refractivity contribution is 7.80. The van der Waals surface area contributed by atoms with Crippen LogP contribution in [-0.2, 0) is 0 Å². The molecule has 6 heteroatoms. The number of hydrogen-bond acceptors (Lipinski definition) is 4. The van der Waals surface area contributed by atoms with Crippen LogP contribution in [0.1, 0.15) is 35.5 Å². The quantitative estimate of drug-likeness (QED) is 0.806. The summed E-state index contributed by atoms with van der Waals surface area (Å²) >= 11 is 4.83. The van der Waals surface area contributed by atoms with Crippen LogP contribution in [0.2, 0.25) is 0 Å². The van der Waals surface area contributed by atoms with E-state index in [4.69, 9.17) is 22.4 Å². The van der Waals surface area contributed by atoms with E-state index in [0.29, 0.717) is 23.1 Å². The number of aromatic nitrogens is 1. The van der Waals surface area contributed by atoms with Gasteiger partial charge in [0.15, 0.2) is 5.89 Å². The molecule has 1 rings (SSSR count). The summed E-state index contributed by atoms with van der Waals surface area (Å²) in [6.07, 6.45) is 0.834. The molecule has 1 aromatic rings. The Labute approximate surface area is 106 Å². The molecule has 1 heterocycles. The van der Waals surface area contributed by atoms with Gasteiger partial charge in [-0.3, -0.25) is 4.79 Å². The van der Waals surface area contributed by atoms with Crippen molar-refractivity contribution in [2.45, 2.75) is 27.2 Å². The van der Waals surface area contributed by atoms with Crippen LogP contribution in [0.25, 0.3) is 0 Å². The molecule has 0 aliphatic heterocycles. The van der Waals surface area contributed by atoms with Crippen molar-refractivity contribution < 1.29 is 9.21 Å². The summed E-state index contributed by atoms with van der Waals surface area (Å²) in [4.78, 5) is 18.1. The van der Waals surface area contributed by atoms with Crippen molar-refractivity contribution in [2.75, 3.05) is 13.1 Å². The number of amides is 1. The second-order valence-corrected chi connectivity index (χ2v) is 4.36. The minimum absolute atomic E-state index is 0.210. The van der Waals surface area contributed by atoms with Gasteiger partial charge in [-0.05, 0) is 13.3 Å². The van der Waals surface area contributed by atoms with Gasteiger partial charge in [-0.1, -0.05) is 19.1 Å². The minimum Gasteiger partial charge on any atom is -0.436 e. The van der Waals surface area contributed by atoms with Crippen LogP contribution in [0, 0.1) is 13.8 Å². The monoisotopic (exact) mass is 255 g/mol. The van der Waals surface area contributed by atoms with Gasteiger partial charge in [0.25, 0.3) is 5.91 Å². The van der Waals surface area contributed by atoms with Crippen molar-refractivity contribution in [3.05, 3.63) is 17.3 Å². The zero-order valence-electron chi connectivity index (χ0n) is 10.3. The molecule has 0 saturated carbocycles. The molecule has 17 heavy (non-hydrogen) atoms. The van der Waals surface area contributed by atoms with Crippen LogP contribution in [0.4, 0.5) is 0 Å². The van der Waals surface area contributed by atoms with Gasteiger partial charge in [0.05, 0.1) is 17.2 Å². The van der Waals surface area contributed by atoms with Gasteiger partial charge in [0, 0.05) is 13.5 Å². The number of thiocarbonyl (C=S) groups is 1. The molecule has 0 unspecified atom stereocenters. The first-order valence-corrected chi connectivity index (χ1v) is 5.88. The van der Waals surface area contributed by atoms with Crippen LogP contribution in [0.3, 0.4) is 0 Å². The predicted molar refractivity (Wildman–Crippen MR) is 69.0 cm³/mol. The third kappa shape index (κ3) is 3.52. The Hall–Kier alpha value is -1.43. The highest BCUT2D eigenvalue weighted by Gasteiger charge is 2.22. The molecule has 0 aliphatic rings. The normalized spacial score (nSPS) is 10.3. The zero-order valence-corrected chi connectivity index (χ0v) is 11.1. The molecule has 0 fully saturated rings. The summed E-state index contributed by atoms with van der Waals surface area (Å²) < 4.78 is 5.30. The van der Waals surface area contributed by atoms with Gasteiger partial charge >= 0.3 is 0 Å². The van der Waals surface area contributed by atoms with Gasteiger partial charge in [0.2, 0.25) is 5.76 Å². The SMILES string of the molecule is CCCN(CC(N)=S)C(=O)c1oc(C)nc1C. The number of rotatable bonds is 5. The Kier molecular flexibility index (Phi) is 4.62. The molecule has 1 amide bonds. The van der Waals surface area contributed by atoms with Crippen molar-refractivity contribution in [1.82, 2.24) is 9.88 Å². The first-order valence-electron chi connectivity index (χ1n) is 5.47. The summed E-state index contributed by atoms with van der Waals surface area (Å²) in [5.74, 6) is 0.544. The zero-order chi connectivity index (χ0) is 13.0. The molecule has 0 bridgehead atoms. The standard InChI is InChI=1S/C11H17N3O2S/c1-4-5-14(6-9(12)17)11(15)10-7(2)13-8(3)16-10/h4-6H2,1-3H3,(H2,12,17). The van der Waals surface area contributed by atoms with Crippen molar-refractivity contribution >= 4 is 23.1 Å². The number of carbonyl (C=O) groups is 1. The molecule has 0 radical (unpaired) electrons. The summed E-state index contributed by atoms with van der Waals surface area (Å²) in [5, 5.41) is 0. The molecular formula is C11H17N3O2S. The highest BCUT2D eigenvalue weighted by Crippen LogP contribution is 2.12. The fraction of sp³-hybridized carbons (Fsp3) is 0.545. The van der Waals surface area contributed by atoms with E-state index in [-0.39, 0.29) is 18.2 Å². The number of hydrogen-bond donors (Lipinski definition) is 1. The summed E-state index contributed by atoms with van der Waals surface area (Å²) in [7, 11) is 0. The summed E-state index contributed by atoms with van der Waals surface area (Å²) in [5.41, 5.74) is 6.07. The van der Waals surface area contributed by atoms with E-state index in [1.165, 1.54) is 0 Å². The molecule has 5 nitrogen and oxygen atoms in total. The molecule has 0 aromatic carbocycles. The lowest BCUT2D eigenvalue weighted by molar-refractivity contribution is 0.0746. The van der Waals surface area contributed by atoms with Gasteiger partial charge in [-0.15, -0.1) is 0 Å². The second kappa shape index (κ2) is 5.77. The second-order valence-electron chi connectivity index (χ2n) is 3.84. The molecular weight excluding hydrogens is 238 g/mol. The highest BCUT2D eigenvalue weighted by atomic mass is 32.1. The largest absolute Gasteiger partial charge is 0.436 e. The smallest absolute Gasteiger partial charge is 0.291 e. The number of oxazole rings is 1. The van der Waals surface area contributed by atoms with Crippen molar-refractivity contribution in [1.29, 1.82) is 0 Å². The molecule has 0 aliphatic carbocycles. The Morgan fingerprint density at radius 1 is 1.53 bits per heavy atom. The molecule has 94 valence electrons. The van der Waals surface area contributed by atoms with Crippen LogP contribution in [-0.4, -0.2) is 33.9 Å². The third-order valence-electron chi connectivity index (χ3n) is 2.23. The predicted octanol–water partition coefficient (Wildman–Crippen LogP) is 1.43. The topological polar surface area (TPSA) is 72.4 Å². The fourth-order valence-electron chi connectivity index (χ4n) is 1.58. The minimum atomic E-state index is -0.210. The summed E-state index contributed by atoms with van der Waals surface area (Å²) in [6.45, 7) is 6.30. The average molecular weight is 255 g/mol. The Morgan fingerprint density at radius 3 is 2.59 bits per heavy atom. The van der Waals surface area contributed by atoms with E-state index in [2.05, 4.69) is 4.98 Å². The van der Waals surface area contributed by atoms with Crippen molar-refractivity contribution in [3.63, 3.8) is 0 Å². The van der Waals surface area contributed by atoms with E-state index >= 15 is 0 Å². The number of nitrogens with zero attached hydrogens (tertiary/aromatic N) is 2. The molecule has 0 atom stereocenters. The van der Waals surface area contributed by atoms with Crippen LogP contribution in [0.15, 0.2) is 4.42 Å². The Balaban J connectivity index is 2.91. The maximum Gasteiger partial charge on any atom is 0.291 e.